The maximum absolute atomic E-state index is 12.5. The Labute approximate surface area is 153 Å². The van der Waals surface area contributed by atoms with E-state index < -0.39 is 10.0 Å². The molecule has 0 spiro atoms. The van der Waals surface area contributed by atoms with Crippen molar-refractivity contribution < 1.29 is 13.2 Å². The lowest BCUT2D eigenvalue weighted by atomic mass is 10.3. The first-order valence-electron chi connectivity index (χ1n) is 8.50. The molecule has 3 rings (SSSR count). The number of H-pyrrole nitrogens is 1. The Balaban J connectivity index is 1.55. The van der Waals surface area contributed by atoms with Crippen LogP contribution in [0.15, 0.2) is 23.2 Å². The number of hydrogen-bond acceptors (Lipinski definition) is 7. The Bertz CT molecular complexity index is 809. The van der Waals surface area contributed by atoms with E-state index in [0.717, 1.165) is 45.1 Å². The normalized spacial score (nSPS) is 15.8. The number of hydrogen-bond donors (Lipinski definition) is 3. The molecule has 1 saturated heterocycles. The van der Waals surface area contributed by atoms with Gasteiger partial charge in [-0.3, -0.25) is 14.7 Å². The fourth-order valence-corrected chi connectivity index (χ4v) is 4.25. The number of aromatic nitrogens is 3. The lowest BCUT2D eigenvalue weighted by molar-refractivity contribution is 0.0398. The van der Waals surface area contributed by atoms with Gasteiger partial charge in [-0.15, -0.1) is 0 Å². The Morgan fingerprint density at radius 2 is 2.04 bits per heavy atom. The number of aromatic amines is 1. The second-order valence-electron chi connectivity index (χ2n) is 6.18. The van der Waals surface area contributed by atoms with Gasteiger partial charge in [0.05, 0.1) is 36.5 Å². The quantitative estimate of drug-likeness (QED) is 0.656. The van der Waals surface area contributed by atoms with Crippen LogP contribution in [0.25, 0.3) is 0 Å². The molecule has 1 fully saturated rings. The summed E-state index contributed by atoms with van der Waals surface area (Å²) in [7, 11) is -3.72. The molecule has 1 aliphatic rings. The van der Waals surface area contributed by atoms with E-state index in [1.165, 1.54) is 0 Å². The third-order valence-electron chi connectivity index (χ3n) is 4.19. The first-order chi connectivity index (χ1) is 12.5. The van der Waals surface area contributed by atoms with Crippen LogP contribution in [0.3, 0.4) is 0 Å². The first kappa shape index (κ1) is 18.6. The molecule has 0 atom stereocenters. The zero-order chi connectivity index (χ0) is 18.6. The number of rotatable bonds is 7. The van der Waals surface area contributed by atoms with E-state index in [1.54, 1.807) is 32.2 Å². The van der Waals surface area contributed by atoms with Crippen LogP contribution in [0.5, 0.6) is 0 Å². The number of sulfonamides is 1. The molecule has 0 aromatic carbocycles. The van der Waals surface area contributed by atoms with E-state index >= 15 is 0 Å². The van der Waals surface area contributed by atoms with Gasteiger partial charge in [0, 0.05) is 26.2 Å². The lowest BCUT2D eigenvalue weighted by Gasteiger charge is -2.26. The first-order valence-corrected chi connectivity index (χ1v) is 9.98. The van der Waals surface area contributed by atoms with Crippen LogP contribution >= 0.6 is 0 Å². The highest BCUT2D eigenvalue weighted by Crippen LogP contribution is 2.20. The number of anilines is 2. The highest BCUT2D eigenvalue weighted by Gasteiger charge is 2.22. The van der Waals surface area contributed by atoms with E-state index in [-0.39, 0.29) is 10.7 Å². The summed E-state index contributed by atoms with van der Waals surface area (Å²) >= 11 is 0. The van der Waals surface area contributed by atoms with Crippen molar-refractivity contribution in [3.63, 3.8) is 0 Å². The average Bonchev–Trinajstić information content (AvgIpc) is 2.96. The Hall–Kier alpha value is -2.17. The summed E-state index contributed by atoms with van der Waals surface area (Å²) in [5.41, 5.74) is 1.77. The molecule has 0 aliphatic carbocycles. The summed E-state index contributed by atoms with van der Waals surface area (Å²) in [6.07, 6.45) is 1.62. The summed E-state index contributed by atoms with van der Waals surface area (Å²) in [5.74, 6) is 0.267. The number of morpholine rings is 1. The van der Waals surface area contributed by atoms with Crippen molar-refractivity contribution in [2.75, 3.05) is 49.4 Å². The van der Waals surface area contributed by atoms with E-state index in [1.807, 2.05) is 0 Å². The minimum absolute atomic E-state index is 0.159. The monoisotopic (exact) mass is 380 g/mol. The van der Waals surface area contributed by atoms with Crippen molar-refractivity contribution in [1.29, 1.82) is 0 Å². The number of ether oxygens (including phenoxy) is 1. The standard InChI is InChI=1S/C16H24N6O3S/c1-12-16(13(2)20-19-12)26(23,24)21-15-4-3-14(11-18-15)17-5-6-22-7-9-25-10-8-22/h3-4,11,17H,5-10H2,1-2H3,(H,18,21)(H,19,20). The molecule has 0 saturated carbocycles. The van der Waals surface area contributed by atoms with Crippen LogP contribution in [0.2, 0.25) is 0 Å². The number of nitrogens with zero attached hydrogens (tertiary/aromatic N) is 3. The summed E-state index contributed by atoms with van der Waals surface area (Å²) in [4.78, 5) is 6.68. The van der Waals surface area contributed by atoms with Crippen molar-refractivity contribution in [3.8, 4) is 0 Å². The van der Waals surface area contributed by atoms with Gasteiger partial charge in [0.2, 0.25) is 0 Å². The summed E-state index contributed by atoms with van der Waals surface area (Å²) in [5, 5.41) is 9.89. The van der Waals surface area contributed by atoms with Gasteiger partial charge in [-0.25, -0.2) is 13.4 Å². The molecular weight excluding hydrogens is 356 g/mol. The molecular formula is C16H24N6O3S. The van der Waals surface area contributed by atoms with Crippen molar-refractivity contribution in [3.05, 3.63) is 29.7 Å². The van der Waals surface area contributed by atoms with Crippen LogP contribution in [0.1, 0.15) is 11.4 Å². The molecule has 9 nitrogen and oxygen atoms in total. The second kappa shape index (κ2) is 8.02. The van der Waals surface area contributed by atoms with Crippen molar-refractivity contribution in [1.82, 2.24) is 20.1 Å². The Morgan fingerprint density at radius 3 is 2.65 bits per heavy atom. The molecule has 0 unspecified atom stereocenters. The second-order valence-corrected chi connectivity index (χ2v) is 7.80. The maximum Gasteiger partial charge on any atom is 0.266 e. The minimum Gasteiger partial charge on any atom is -0.383 e. The highest BCUT2D eigenvalue weighted by atomic mass is 32.2. The number of pyridine rings is 1. The van der Waals surface area contributed by atoms with E-state index in [2.05, 4.69) is 30.1 Å². The molecule has 3 N–H and O–H groups in total. The topological polar surface area (TPSA) is 112 Å². The maximum atomic E-state index is 12.5. The molecule has 2 aromatic rings. The van der Waals surface area contributed by atoms with Gasteiger partial charge in [0.15, 0.2) is 0 Å². The average molecular weight is 380 g/mol. The van der Waals surface area contributed by atoms with Gasteiger partial charge in [-0.2, -0.15) is 5.10 Å². The Kier molecular flexibility index (Phi) is 5.74. The molecule has 3 heterocycles. The molecule has 142 valence electrons. The predicted octanol–water partition coefficient (Wildman–Crippen LogP) is 0.966. The van der Waals surface area contributed by atoms with Gasteiger partial charge in [0.1, 0.15) is 10.7 Å². The smallest absolute Gasteiger partial charge is 0.266 e. The van der Waals surface area contributed by atoms with Gasteiger partial charge < -0.3 is 10.1 Å². The lowest BCUT2D eigenvalue weighted by Crippen LogP contribution is -2.39. The summed E-state index contributed by atoms with van der Waals surface area (Å²) in [6, 6.07) is 3.44. The molecule has 0 amide bonds. The van der Waals surface area contributed by atoms with Crippen LogP contribution in [0.4, 0.5) is 11.5 Å². The third-order valence-corrected chi connectivity index (χ3v) is 5.81. The molecule has 10 heteroatoms. The zero-order valence-corrected chi connectivity index (χ0v) is 15.8. The van der Waals surface area contributed by atoms with Crippen LogP contribution in [0, 0.1) is 13.8 Å². The molecule has 0 bridgehead atoms. The van der Waals surface area contributed by atoms with Crippen LogP contribution < -0.4 is 10.0 Å². The molecule has 1 aliphatic heterocycles. The summed E-state index contributed by atoms with van der Waals surface area (Å²) < 4.78 is 32.8. The minimum atomic E-state index is -3.72. The Morgan fingerprint density at radius 1 is 1.27 bits per heavy atom. The number of aryl methyl sites for hydroxylation is 2. The van der Waals surface area contributed by atoms with Crippen molar-refractivity contribution in [2.24, 2.45) is 0 Å². The fourth-order valence-electron chi connectivity index (χ4n) is 2.87. The van der Waals surface area contributed by atoms with Gasteiger partial charge >= 0.3 is 0 Å². The predicted molar refractivity (Wildman–Crippen MR) is 98.9 cm³/mol. The molecule has 0 radical (unpaired) electrons. The van der Waals surface area contributed by atoms with E-state index in [4.69, 9.17) is 4.74 Å². The van der Waals surface area contributed by atoms with Gasteiger partial charge in [0.25, 0.3) is 10.0 Å². The van der Waals surface area contributed by atoms with E-state index in [0.29, 0.717) is 11.4 Å². The van der Waals surface area contributed by atoms with Crippen LogP contribution in [-0.4, -0.2) is 67.9 Å². The molecule has 2 aromatic heterocycles. The van der Waals surface area contributed by atoms with E-state index in [9.17, 15) is 8.42 Å². The van der Waals surface area contributed by atoms with Crippen molar-refractivity contribution in [2.45, 2.75) is 18.7 Å². The zero-order valence-electron chi connectivity index (χ0n) is 14.9. The fraction of sp³-hybridized carbons (Fsp3) is 0.500. The summed E-state index contributed by atoms with van der Waals surface area (Å²) in [6.45, 7) is 8.51. The third kappa shape index (κ3) is 4.51. The van der Waals surface area contributed by atoms with Gasteiger partial charge in [-0.05, 0) is 26.0 Å². The number of nitrogens with one attached hydrogen (secondary N) is 3. The van der Waals surface area contributed by atoms with Gasteiger partial charge in [-0.1, -0.05) is 0 Å². The largest absolute Gasteiger partial charge is 0.383 e. The molecule has 26 heavy (non-hydrogen) atoms. The highest BCUT2D eigenvalue weighted by molar-refractivity contribution is 7.92. The van der Waals surface area contributed by atoms with Crippen LogP contribution in [-0.2, 0) is 14.8 Å². The van der Waals surface area contributed by atoms with Crippen molar-refractivity contribution >= 4 is 21.5 Å². The SMILES string of the molecule is Cc1n[nH]c(C)c1S(=O)(=O)Nc1ccc(NCCN2CCOCC2)cn1.